The summed E-state index contributed by atoms with van der Waals surface area (Å²) >= 11 is 0. The Morgan fingerprint density at radius 2 is 1.81 bits per heavy atom. The molecule has 7 nitrogen and oxygen atoms in total. The van der Waals surface area contributed by atoms with Crippen LogP contribution in [-0.2, 0) is 0 Å². The zero-order chi connectivity index (χ0) is 22.5. The molecule has 0 aromatic heterocycles. The van der Waals surface area contributed by atoms with Gasteiger partial charge in [0.2, 0.25) is 0 Å². The van der Waals surface area contributed by atoms with Gasteiger partial charge in [0.1, 0.15) is 17.2 Å². The lowest BCUT2D eigenvalue weighted by atomic mass is 10.0. The molecular formula is C25H33N3O4. The number of rotatable bonds is 7. The van der Waals surface area contributed by atoms with Gasteiger partial charge in [0, 0.05) is 43.5 Å². The third kappa shape index (κ3) is 4.71. The quantitative estimate of drug-likeness (QED) is 0.704. The lowest BCUT2D eigenvalue weighted by molar-refractivity contribution is 0.190. The summed E-state index contributed by atoms with van der Waals surface area (Å²) in [5, 5.41) is 3.19. The molecule has 0 aliphatic carbocycles. The van der Waals surface area contributed by atoms with Crippen LogP contribution in [0.15, 0.2) is 42.5 Å². The van der Waals surface area contributed by atoms with Crippen molar-refractivity contribution in [2.75, 3.05) is 52.4 Å². The van der Waals surface area contributed by atoms with Gasteiger partial charge in [-0.05, 0) is 55.5 Å². The zero-order valence-electron chi connectivity index (χ0n) is 19.2. The fourth-order valence-electron chi connectivity index (χ4n) is 4.81. The third-order valence-electron chi connectivity index (χ3n) is 6.56. The highest BCUT2D eigenvalue weighted by Gasteiger charge is 2.33. The molecule has 4 rings (SSSR count). The number of hydrogen-bond acceptors (Lipinski definition) is 5. The standard InChI is InChI=1S/C25H33N3O4/c1-30-20-7-4-6-19(14-20)27-13-11-18(17-27)16-26-25(29)28-12-5-8-23(28)22-15-21(31-2)9-10-24(22)32-3/h4,6-7,9-10,14-15,18,23H,5,8,11-13,16-17H2,1-3H3,(H,26,29). The molecule has 2 aromatic rings. The lowest BCUT2D eigenvalue weighted by Gasteiger charge is -2.27. The van der Waals surface area contributed by atoms with Crippen molar-refractivity contribution >= 4 is 11.7 Å². The maximum atomic E-state index is 13.1. The lowest BCUT2D eigenvalue weighted by Crippen LogP contribution is -2.41. The molecule has 2 amide bonds. The second-order valence-electron chi connectivity index (χ2n) is 8.45. The van der Waals surface area contributed by atoms with Crippen molar-refractivity contribution in [3.05, 3.63) is 48.0 Å². The van der Waals surface area contributed by atoms with Gasteiger partial charge in [-0.3, -0.25) is 0 Å². The molecule has 2 atom stereocenters. The fourth-order valence-corrected chi connectivity index (χ4v) is 4.81. The number of ether oxygens (including phenoxy) is 3. The number of nitrogens with zero attached hydrogens (tertiary/aromatic N) is 2. The van der Waals surface area contributed by atoms with Gasteiger partial charge < -0.3 is 29.3 Å². The molecule has 0 saturated carbocycles. The SMILES string of the molecule is COc1cccc(N2CCC(CNC(=O)N3CCCC3c3cc(OC)ccc3OC)C2)c1. The highest BCUT2D eigenvalue weighted by molar-refractivity contribution is 5.75. The number of urea groups is 1. The molecule has 32 heavy (non-hydrogen) atoms. The van der Waals surface area contributed by atoms with E-state index in [0.29, 0.717) is 12.5 Å². The predicted octanol–water partition coefficient (Wildman–Crippen LogP) is 4.09. The molecule has 2 aliphatic rings. The minimum atomic E-state index is -0.00286. The van der Waals surface area contributed by atoms with E-state index < -0.39 is 0 Å². The number of anilines is 1. The first-order chi connectivity index (χ1) is 15.6. The van der Waals surface area contributed by atoms with Gasteiger partial charge in [0.15, 0.2) is 0 Å². The number of carbonyl (C=O) groups is 1. The minimum absolute atomic E-state index is 0.00259. The monoisotopic (exact) mass is 439 g/mol. The van der Waals surface area contributed by atoms with E-state index in [1.165, 1.54) is 5.69 Å². The van der Waals surface area contributed by atoms with E-state index in [-0.39, 0.29) is 12.1 Å². The Morgan fingerprint density at radius 1 is 1.00 bits per heavy atom. The van der Waals surface area contributed by atoms with Gasteiger partial charge >= 0.3 is 6.03 Å². The zero-order valence-corrected chi connectivity index (χ0v) is 19.2. The maximum absolute atomic E-state index is 13.1. The van der Waals surface area contributed by atoms with Crippen LogP contribution >= 0.6 is 0 Å². The van der Waals surface area contributed by atoms with Crippen molar-refractivity contribution in [1.82, 2.24) is 10.2 Å². The number of likely N-dealkylation sites (tertiary alicyclic amines) is 1. The van der Waals surface area contributed by atoms with E-state index in [2.05, 4.69) is 22.3 Å². The summed E-state index contributed by atoms with van der Waals surface area (Å²) in [6, 6.07) is 13.9. The largest absolute Gasteiger partial charge is 0.497 e. The summed E-state index contributed by atoms with van der Waals surface area (Å²) in [7, 11) is 5.01. The van der Waals surface area contributed by atoms with E-state index in [1.54, 1.807) is 21.3 Å². The minimum Gasteiger partial charge on any atom is -0.497 e. The van der Waals surface area contributed by atoms with Crippen molar-refractivity contribution in [3.8, 4) is 17.2 Å². The van der Waals surface area contributed by atoms with Crippen LogP contribution < -0.4 is 24.4 Å². The molecule has 0 radical (unpaired) electrons. The molecule has 1 N–H and O–H groups in total. The van der Waals surface area contributed by atoms with Gasteiger partial charge in [-0.1, -0.05) is 6.07 Å². The second kappa shape index (κ2) is 10.0. The van der Waals surface area contributed by atoms with E-state index in [0.717, 1.165) is 61.7 Å². The topological polar surface area (TPSA) is 63.3 Å². The number of carbonyl (C=O) groups excluding carboxylic acids is 1. The second-order valence-corrected chi connectivity index (χ2v) is 8.45. The average molecular weight is 440 g/mol. The Hall–Kier alpha value is -3.09. The predicted molar refractivity (Wildman–Crippen MR) is 125 cm³/mol. The van der Waals surface area contributed by atoms with Crippen LogP contribution in [0.3, 0.4) is 0 Å². The Labute approximate surface area is 190 Å². The number of nitrogens with one attached hydrogen (secondary N) is 1. The summed E-state index contributed by atoms with van der Waals surface area (Å²) in [6.45, 7) is 3.34. The van der Waals surface area contributed by atoms with Crippen LogP contribution in [0.5, 0.6) is 17.2 Å². The van der Waals surface area contributed by atoms with E-state index in [1.807, 2.05) is 35.2 Å². The highest BCUT2D eigenvalue weighted by Crippen LogP contribution is 2.39. The van der Waals surface area contributed by atoms with Crippen LogP contribution in [0.2, 0.25) is 0 Å². The molecule has 2 aromatic carbocycles. The summed E-state index contributed by atoms with van der Waals surface area (Å²) < 4.78 is 16.3. The van der Waals surface area contributed by atoms with E-state index in [9.17, 15) is 4.79 Å². The van der Waals surface area contributed by atoms with Crippen molar-refractivity contribution in [2.45, 2.75) is 25.3 Å². The number of methoxy groups -OCH3 is 3. The Bertz CT molecular complexity index is 935. The van der Waals surface area contributed by atoms with Crippen molar-refractivity contribution in [2.24, 2.45) is 5.92 Å². The molecule has 0 spiro atoms. The van der Waals surface area contributed by atoms with E-state index in [4.69, 9.17) is 14.2 Å². The first-order valence-corrected chi connectivity index (χ1v) is 11.3. The van der Waals surface area contributed by atoms with Gasteiger partial charge in [-0.15, -0.1) is 0 Å². The summed E-state index contributed by atoms with van der Waals surface area (Å²) in [4.78, 5) is 17.4. The van der Waals surface area contributed by atoms with Crippen molar-refractivity contribution < 1.29 is 19.0 Å². The molecule has 2 heterocycles. The molecular weight excluding hydrogens is 406 g/mol. The molecule has 2 unspecified atom stereocenters. The van der Waals surface area contributed by atoms with Crippen LogP contribution in [-0.4, -0.2) is 58.4 Å². The number of amides is 2. The molecule has 7 heteroatoms. The normalized spacial score (nSPS) is 20.3. The third-order valence-corrected chi connectivity index (χ3v) is 6.56. The summed E-state index contributed by atoms with van der Waals surface area (Å²) in [5.74, 6) is 2.86. The molecule has 2 saturated heterocycles. The number of hydrogen-bond donors (Lipinski definition) is 1. The molecule has 2 aliphatic heterocycles. The summed E-state index contributed by atoms with van der Waals surface area (Å²) in [6.07, 6.45) is 2.96. The Balaban J connectivity index is 1.36. The average Bonchev–Trinajstić information content (AvgIpc) is 3.52. The van der Waals surface area contributed by atoms with Gasteiger partial charge in [-0.2, -0.15) is 0 Å². The van der Waals surface area contributed by atoms with E-state index >= 15 is 0 Å². The van der Waals surface area contributed by atoms with Gasteiger partial charge in [-0.25, -0.2) is 4.79 Å². The molecule has 0 bridgehead atoms. The van der Waals surface area contributed by atoms with Crippen LogP contribution in [0.25, 0.3) is 0 Å². The van der Waals surface area contributed by atoms with Gasteiger partial charge in [0.05, 0.1) is 27.4 Å². The summed E-state index contributed by atoms with van der Waals surface area (Å²) in [5.41, 5.74) is 2.17. The Kier molecular flexibility index (Phi) is 6.93. The molecule has 2 fully saturated rings. The maximum Gasteiger partial charge on any atom is 0.317 e. The van der Waals surface area contributed by atoms with Crippen LogP contribution in [0, 0.1) is 5.92 Å². The van der Waals surface area contributed by atoms with Crippen LogP contribution in [0.4, 0.5) is 10.5 Å². The molecule has 172 valence electrons. The number of benzene rings is 2. The van der Waals surface area contributed by atoms with Crippen molar-refractivity contribution in [1.29, 1.82) is 0 Å². The van der Waals surface area contributed by atoms with Crippen LogP contribution in [0.1, 0.15) is 30.9 Å². The smallest absolute Gasteiger partial charge is 0.317 e. The highest BCUT2D eigenvalue weighted by atomic mass is 16.5. The first kappa shape index (κ1) is 22.1. The fraction of sp³-hybridized carbons (Fsp3) is 0.480. The Morgan fingerprint density at radius 3 is 2.59 bits per heavy atom. The van der Waals surface area contributed by atoms with Crippen molar-refractivity contribution in [3.63, 3.8) is 0 Å². The first-order valence-electron chi connectivity index (χ1n) is 11.3. The van der Waals surface area contributed by atoms with Gasteiger partial charge in [0.25, 0.3) is 0 Å².